The van der Waals surface area contributed by atoms with Gasteiger partial charge in [0.15, 0.2) is 0 Å². The van der Waals surface area contributed by atoms with Crippen molar-refractivity contribution >= 4 is 23.7 Å². The molecule has 0 aliphatic rings. The number of hydrogen-bond acceptors (Lipinski definition) is 9. The van der Waals surface area contributed by atoms with Crippen molar-refractivity contribution in [2.75, 3.05) is 0 Å². The van der Waals surface area contributed by atoms with Crippen molar-refractivity contribution in [3.05, 3.63) is 0 Å². The van der Waals surface area contributed by atoms with Crippen molar-refractivity contribution in [1.82, 2.24) is 0 Å². The van der Waals surface area contributed by atoms with Gasteiger partial charge in [-0.1, -0.05) is 0 Å². The molecule has 17 heavy (non-hydrogen) atoms. The maximum atomic E-state index is 10.1. The van der Waals surface area contributed by atoms with E-state index in [1.54, 1.807) is 0 Å². The van der Waals surface area contributed by atoms with Crippen LogP contribution >= 0.6 is 23.7 Å². The molecule has 0 saturated heterocycles. The summed E-state index contributed by atoms with van der Waals surface area (Å²) in [5, 5.41) is 0. The Labute approximate surface area is 114 Å². The summed E-state index contributed by atoms with van der Waals surface area (Å²) in [5.74, 6) is 0. The van der Waals surface area contributed by atoms with Crippen LogP contribution in [0.2, 0.25) is 0 Å². The average molecular weight is 406 g/mol. The molecule has 0 fully saturated rings. The summed E-state index contributed by atoms with van der Waals surface area (Å²) >= 11 is 0. The van der Waals surface area contributed by atoms with Crippen LogP contribution in [-0.2, 0) is 47.8 Å². The molecule has 0 unspecified atom stereocenters. The predicted octanol–water partition coefficient (Wildman–Crippen LogP) is -3.65. The molecule has 0 aliphatic heterocycles. The molecule has 0 spiro atoms. The van der Waals surface area contributed by atoms with Crippen LogP contribution in [-0.4, -0.2) is 0 Å². The van der Waals surface area contributed by atoms with Gasteiger partial charge in [0.05, 0.1) is 0 Å². The standard InChI is InChI=1S/3FH2O3P.2Fe/c3*1-5(2,3)4;;/h3*(H2,2,3,4);;/q;;;2*+3/p-6. The van der Waals surface area contributed by atoms with Gasteiger partial charge in [-0.2, -0.15) is 0 Å². The zero-order valence-corrected chi connectivity index (χ0v) is 11.7. The van der Waals surface area contributed by atoms with Gasteiger partial charge in [0.25, 0.3) is 0 Å². The molecule has 0 N–H and O–H groups in total. The minimum Gasteiger partial charge on any atom is -0.786 e. The Hall–Kier alpha value is 1.28. The van der Waals surface area contributed by atoms with Crippen LogP contribution in [0.1, 0.15) is 0 Å². The van der Waals surface area contributed by atoms with Crippen molar-refractivity contribution in [3.63, 3.8) is 0 Å². The third-order valence-corrected chi connectivity index (χ3v) is 0. The summed E-state index contributed by atoms with van der Waals surface area (Å²) in [7, 11) is -16.9. The quantitative estimate of drug-likeness (QED) is 0.289. The summed E-state index contributed by atoms with van der Waals surface area (Å²) in [6, 6.07) is 0. The molecular weight excluding hydrogens is 406 g/mol. The van der Waals surface area contributed by atoms with Crippen LogP contribution in [0.25, 0.3) is 0 Å². The van der Waals surface area contributed by atoms with Crippen molar-refractivity contribution in [2.24, 2.45) is 0 Å². The van der Waals surface area contributed by atoms with Gasteiger partial charge in [0.1, 0.15) is 23.7 Å². The molecule has 0 heterocycles. The summed E-state index contributed by atoms with van der Waals surface area (Å²) in [6.45, 7) is 0. The van der Waals surface area contributed by atoms with E-state index in [1.165, 1.54) is 0 Å². The van der Waals surface area contributed by atoms with Gasteiger partial charge in [-0.3, -0.25) is 0 Å². The molecular formula is F3Fe2O9P3. The SMILES string of the molecule is O=P([O-])([O-])F.O=P([O-])([O-])F.O=P([O-])([O-])F.[Fe+3].[Fe+3]. The third kappa shape index (κ3) is 2470. The molecule has 0 amide bonds. The smallest absolute Gasteiger partial charge is 0.786 e. The van der Waals surface area contributed by atoms with Crippen LogP contribution in [0.15, 0.2) is 0 Å². The van der Waals surface area contributed by atoms with E-state index < -0.39 is 23.7 Å². The van der Waals surface area contributed by atoms with Crippen molar-refractivity contribution in [2.45, 2.75) is 0 Å². The summed E-state index contributed by atoms with van der Waals surface area (Å²) in [6.07, 6.45) is 0. The summed E-state index contributed by atoms with van der Waals surface area (Å²) in [4.78, 5) is 50.6. The Balaban J connectivity index is -0.0000000400. The van der Waals surface area contributed by atoms with Gasteiger partial charge in [-0.05, 0) is 0 Å². The maximum Gasteiger partial charge on any atom is 3.00 e. The van der Waals surface area contributed by atoms with Crippen molar-refractivity contribution < 1.29 is 89.8 Å². The zero-order valence-electron chi connectivity index (χ0n) is 6.86. The molecule has 17 heteroatoms. The van der Waals surface area contributed by atoms with E-state index in [0.29, 0.717) is 0 Å². The number of rotatable bonds is 0. The fraction of sp³-hybridized carbons (Fsp3) is 0. The second-order valence-electron chi connectivity index (χ2n) is 1.29. The Morgan fingerprint density at radius 2 is 0.529 bits per heavy atom. The van der Waals surface area contributed by atoms with Gasteiger partial charge in [-0.15, -0.1) is 0 Å². The van der Waals surface area contributed by atoms with Gasteiger partial charge >= 0.3 is 34.1 Å². The van der Waals surface area contributed by atoms with E-state index in [4.69, 9.17) is 43.1 Å². The van der Waals surface area contributed by atoms with Gasteiger partial charge in [0.2, 0.25) is 0 Å². The minimum atomic E-state index is -5.64. The van der Waals surface area contributed by atoms with E-state index >= 15 is 0 Å². The largest absolute Gasteiger partial charge is 3.00 e. The second-order valence-corrected chi connectivity index (χ2v) is 3.88. The average Bonchev–Trinajstić information content (AvgIpc) is 1.41. The van der Waals surface area contributed by atoms with Crippen molar-refractivity contribution in [3.8, 4) is 0 Å². The fourth-order valence-corrected chi connectivity index (χ4v) is 0. The molecule has 0 atom stereocenters. The topological polar surface area (TPSA) is 190 Å². The molecule has 106 valence electrons. The minimum absolute atomic E-state index is 0. The van der Waals surface area contributed by atoms with Gasteiger partial charge in [-0.25, -0.2) is 12.6 Å². The molecule has 2 radical (unpaired) electrons. The van der Waals surface area contributed by atoms with E-state index in [-0.39, 0.29) is 34.1 Å². The van der Waals surface area contributed by atoms with Crippen LogP contribution in [0.5, 0.6) is 0 Å². The number of halogens is 3. The molecule has 0 aromatic rings. The van der Waals surface area contributed by atoms with Crippen LogP contribution < -0.4 is 29.4 Å². The summed E-state index contributed by atoms with van der Waals surface area (Å²) in [5.41, 5.74) is 0. The molecule has 0 saturated carbocycles. The van der Waals surface area contributed by atoms with E-state index in [1.807, 2.05) is 0 Å². The molecule has 0 aromatic heterocycles. The maximum absolute atomic E-state index is 10.1. The first-order chi connectivity index (χ1) is 6.00. The van der Waals surface area contributed by atoms with E-state index in [9.17, 15) is 12.6 Å². The first-order valence-electron chi connectivity index (χ1n) is 2.15. The molecule has 0 bridgehead atoms. The van der Waals surface area contributed by atoms with E-state index in [0.717, 1.165) is 0 Å². The monoisotopic (exact) mass is 406 g/mol. The first-order valence-corrected chi connectivity index (χ1v) is 6.45. The van der Waals surface area contributed by atoms with Crippen LogP contribution in [0.4, 0.5) is 12.6 Å². The van der Waals surface area contributed by atoms with Gasteiger partial charge in [0, 0.05) is 0 Å². The third-order valence-electron chi connectivity index (χ3n) is 0. The second kappa shape index (κ2) is 12.3. The van der Waals surface area contributed by atoms with E-state index in [2.05, 4.69) is 0 Å². The summed E-state index contributed by atoms with van der Waals surface area (Å²) < 4.78 is 55.7. The Morgan fingerprint density at radius 1 is 0.529 bits per heavy atom. The van der Waals surface area contributed by atoms with Gasteiger partial charge < -0.3 is 43.1 Å². The molecule has 0 rings (SSSR count). The normalized spacial score (nSPS) is 10.4. The van der Waals surface area contributed by atoms with Crippen LogP contribution in [0.3, 0.4) is 0 Å². The van der Waals surface area contributed by atoms with Crippen molar-refractivity contribution in [1.29, 1.82) is 0 Å². The Kier molecular flexibility index (Phi) is 22.4. The first kappa shape index (κ1) is 30.9. The fourth-order valence-electron chi connectivity index (χ4n) is 0. The zero-order chi connectivity index (χ0) is 13.5. The van der Waals surface area contributed by atoms with Crippen LogP contribution in [0, 0.1) is 0 Å². The molecule has 9 nitrogen and oxygen atoms in total. The Bertz CT molecular complexity index is 216. The molecule has 0 aliphatic carbocycles. The Morgan fingerprint density at radius 3 is 0.529 bits per heavy atom. The number of hydrogen-bond donors (Lipinski definition) is 0. The predicted molar refractivity (Wildman–Crippen MR) is 26.1 cm³/mol. The molecule has 0 aromatic carbocycles.